The first-order chi connectivity index (χ1) is 4.86. The molecule has 0 aromatic rings. The first kappa shape index (κ1) is 6.01. The fourth-order valence-electron chi connectivity index (χ4n) is 1.73. The molecule has 56 valence electrons. The maximum Gasteiger partial charge on any atom is 0.407 e. The van der Waals surface area contributed by atoms with E-state index in [1.54, 1.807) is 0 Å². The zero-order chi connectivity index (χ0) is 6.97. The lowest BCUT2D eigenvalue weighted by molar-refractivity contribution is 0.113. The highest BCUT2D eigenvalue weighted by molar-refractivity contribution is 5.70. The molecule has 0 radical (unpaired) electrons. The van der Waals surface area contributed by atoms with Crippen molar-refractivity contribution in [3.05, 3.63) is 0 Å². The van der Waals surface area contributed by atoms with Crippen LogP contribution in [-0.4, -0.2) is 18.2 Å². The lowest BCUT2D eigenvalue weighted by Crippen LogP contribution is -2.33. The Kier molecular flexibility index (Phi) is 1.29. The molecule has 1 N–H and O–H groups in total. The number of ether oxygens (including phenoxy) is 1. The molecule has 0 spiro atoms. The zero-order valence-electron chi connectivity index (χ0n) is 5.80. The third-order valence-corrected chi connectivity index (χ3v) is 2.26. The van der Waals surface area contributed by atoms with Gasteiger partial charge < -0.3 is 10.1 Å². The van der Waals surface area contributed by atoms with Gasteiger partial charge in [-0.3, -0.25) is 0 Å². The summed E-state index contributed by atoms with van der Waals surface area (Å²) >= 11 is 0. The number of amides is 1. The maximum absolute atomic E-state index is 10.7. The van der Waals surface area contributed by atoms with E-state index in [2.05, 4.69) is 5.32 Å². The van der Waals surface area contributed by atoms with Gasteiger partial charge in [0.1, 0.15) is 6.10 Å². The smallest absolute Gasteiger partial charge is 0.407 e. The van der Waals surface area contributed by atoms with Crippen LogP contribution in [0.25, 0.3) is 0 Å². The number of carbonyl (C=O) groups excluding carboxylic acids is 1. The van der Waals surface area contributed by atoms with E-state index in [0.29, 0.717) is 6.04 Å². The van der Waals surface area contributed by atoms with Gasteiger partial charge in [0.15, 0.2) is 0 Å². The van der Waals surface area contributed by atoms with E-state index in [1.807, 2.05) is 0 Å². The van der Waals surface area contributed by atoms with Gasteiger partial charge in [0.2, 0.25) is 0 Å². The molecule has 2 atom stereocenters. The van der Waals surface area contributed by atoms with Crippen molar-refractivity contribution < 1.29 is 9.53 Å². The van der Waals surface area contributed by atoms with Crippen molar-refractivity contribution >= 4 is 6.09 Å². The van der Waals surface area contributed by atoms with E-state index in [0.717, 1.165) is 12.8 Å². The summed E-state index contributed by atoms with van der Waals surface area (Å²) in [4.78, 5) is 10.7. The standard InChI is InChI=1S/C7H11NO2/c9-7-8-5-3-1-2-4-6(5)10-7/h5-6H,1-4H2,(H,8,9)/t5-,6-/m1/s1. The van der Waals surface area contributed by atoms with Gasteiger partial charge in [0, 0.05) is 0 Å². The van der Waals surface area contributed by atoms with Gasteiger partial charge in [0.25, 0.3) is 0 Å². The second kappa shape index (κ2) is 2.15. The normalized spacial score (nSPS) is 38.2. The number of alkyl carbamates (subject to hydrolysis) is 1. The van der Waals surface area contributed by atoms with Crippen LogP contribution >= 0.6 is 0 Å². The topological polar surface area (TPSA) is 38.3 Å². The number of fused-ring (bicyclic) bond motifs is 1. The monoisotopic (exact) mass is 141 g/mol. The Morgan fingerprint density at radius 1 is 1.40 bits per heavy atom. The lowest BCUT2D eigenvalue weighted by atomic mass is 9.93. The number of nitrogens with one attached hydrogen (secondary N) is 1. The molecule has 1 saturated carbocycles. The molecule has 3 heteroatoms. The summed E-state index contributed by atoms with van der Waals surface area (Å²) in [7, 11) is 0. The summed E-state index contributed by atoms with van der Waals surface area (Å²) in [5.74, 6) is 0. The molecule has 1 aliphatic carbocycles. The molecule has 0 aromatic heterocycles. The largest absolute Gasteiger partial charge is 0.444 e. The summed E-state index contributed by atoms with van der Waals surface area (Å²) in [6, 6.07) is 0.321. The summed E-state index contributed by atoms with van der Waals surface area (Å²) in [6.45, 7) is 0. The molecule has 0 aromatic carbocycles. The van der Waals surface area contributed by atoms with Crippen LogP contribution in [0.3, 0.4) is 0 Å². The van der Waals surface area contributed by atoms with Crippen LogP contribution in [0.2, 0.25) is 0 Å². The van der Waals surface area contributed by atoms with Crippen LogP contribution in [0.1, 0.15) is 25.7 Å². The molecule has 1 heterocycles. The molecule has 10 heavy (non-hydrogen) atoms. The molecule has 2 aliphatic rings. The van der Waals surface area contributed by atoms with Crippen LogP contribution in [0.15, 0.2) is 0 Å². The second-order valence-electron chi connectivity index (χ2n) is 2.98. The van der Waals surface area contributed by atoms with Gasteiger partial charge in [0.05, 0.1) is 6.04 Å². The number of hydrogen-bond donors (Lipinski definition) is 1. The van der Waals surface area contributed by atoms with Crippen molar-refractivity contribution in [3.63, 3.8) is 0 Å². The van der Waals surface area contributed by atoms with E-state index in [4.69, 9.17) is 4.74 Å². The lowest BCUT2D eigenvalue weighted by Gasteiger charge is -2.21. The van der Waals surface area contributed by atoms with Gasteiger partial charge in [-0.25, -0.2) is 4.79 Å². The van der Waals surface area contributed by atoms with Crippen LogP contribution in [0.5, 0.6) is 0 Å². The molecule has 1 saturated heterocycles. The number of rotatable bonds is 0. The van der Waals surface area contributed by atoms with Gasteiger partial charge >= 0.3 is 6.09 Å². The quantitative estimate of drug-likeness (QED) is 0.547. The predicted molar refractivity (Wildman–Crippen MR) is 35.7 cm³/mol. The summed E-state index contributed by atoms with van der Waals surface area (Å²) in [6.07, 6.45) is 4.53. The molecule has 3 nitrogen and oxygen atoms in total. The molecule has 0 unspecified atom stereocenters. The third kappa shape index (κ3) is 0.856. The minimum absolute atomic E-state index is 0.182. The van der Waals surface area contributed by atoms with Crippen molar-refractivity contribution in [2.45, 2.75) is 37.8 Å². The number of hydrogen-bond acceptors (Lipinski definition) is 2. The van der Waals surface area contributed by atoms with Crippen molar-refractivity contribution in [1.82, 2.24) is 5.32 Å². The van der Waals surface area contributed by atoms with Gasteiger partial charge in [-0.1, -0.05) is 6.42 Å². The fraction of sp³-hybridized carbons (Fsp3) is 0.857. The van der Waals surface area contributed by atoms with Crippen molar-refractivity contribution in [1.29, 1.82) is 0 Å². The van der Waals surface area contributed by atoms with E-state index < -0.39 is 0 Å². The van der Waals surface area contributed by atoms with Gasteiger partial charge in [-0.15, -0.1) is 0 Å². The van der Waals surface area contributed by atoms with E-state index in [9.17, 15) is 4.79 Å². The first-order valence-electron chi connectivity index (χ1n) is 3.83. The molecule has 2 rings (SSSR count). The highest BCUT2D eigenvalue weighted by Crippen LogP contribution is 2.24. The zero-order valence-corrected chi connectivity index (χ0v) is 5.80. The van der Waals surface area contributed by atoms with E-state index in [-0.39, 0.29) is 12.2 Å². The SMILES string of the molecule is O=C1N[C@@H]2CCCC[C@H]2O1. The highest BCUT2D eigenvalue weighted by atomic mass is 16.6. The molecule has 1 amide bonds. The molecule has 1 aliphatic heterocycles. The Labute approximate surface area is 59.7 Å². The highest BCUT2D eigenvalue weighted by Gasteiger charge is 2.35. The predicted octanol–water partition coefficient (Wildman–Crippen LogP) is 1.04. The Morgan fingerprint density at radius 3 is 3.00 bits per heavy atom. The van der Waals surface area contributed by atoms with Crippen molar-refractivity contribution in [3.8, 4) is 0 Å². The molecule has 2 fully saturated rings. The molecular formula is C7H11NO2. The molecular weight excluding hydrogens is 130 g/mol. The Balaban J connectivity index is 2.04. The molecule has 0 bridgehead atoms. The van der Waals surface area contributed by atoms with Crippen LogP contribution in [0.4, 0.5) is 4.79 Å². The van der Waals surface area contributed by atoms with E-state index in [1.165, 1.54) is 12.8 Å². The van der Waals surface area contributed by atoms with Gasteiger partial charge in [-0.05, 0) is 19.3 Å². The average Bonchev–Trinajstić information content (AvgIpc) is 2.27. The minimum Gasteiger partial charge on any atom is -0.444 e. The van der Waals surface area contributed by atoms with Crippen LogP contribution < -0.4 is 5.32 Å². The number of carbonyl (C=O) groups is 1. The summed E-state index contributed by atoms with van der Waals surface area (Å²) in [5.41, 5.74) is 0. The summed E-state index contributed by atoms with van der Waals surface area (Å²) in [5, 5.41) is 2.79. The van der Waals surface area contributed by atoms with Crippen molar-refractivity contribution in [2.24, 2.45) is 0 Å². The Bertz CT molecular complexity index is 142. The fourth-order valence-corrected chi connectivity index (χ4v) is 1.73. The van der Waals surface area contributed by atoms with Crippen molar-refractivity contribution in [2.75, 3.05) is 0 Å². The van der Waals surface area contributed by atoms with Crippen LogP contribution in [-0.2, 0) is 4.74 Å². The Hall–Kier alpha value is -0.730. The minimum atomic E-state index is -0.225. The van der Waals surface area contributed by atoms with Gasteiger partial charge in [-0.2, -0.15) is 0 Å². The first-order valence-corrected chi connectivity index (χ1v) is 3.83. The Morgan fingerprint density at radius 2 is 2.20 bits per heavy atom. The average molecular weight is 141 g/mol. The summed E-state index contributed by atoms with van der Waals surface area (Å²) < 4.78 is 5.02. The third-order valence-electron chi connectivity index (χ3n) is 2.26. The second-order valence-corrected chi connectivity index (χ2v) is 2.98. The van der Waals surface area contributed by atoms with E-state index >= 15 is 0 Å². The maximum atomic E-state index is 10.7. The van der Waals surface area contributed by atoms with Crippen LogP contribution in [0, 0.1) is 0 Å².